The Morgan fingerprint density at radius 2 is 1.50 bits per heavy atom. The van der Waals surface area contributed by atoms with Gasteiger partial charge in [-0.3, -0.25) is 4.79 Å². The largest absolute Gasteiger partial charge is 0.497 e. The molecule has 0 aliphatic carbocycles. The van der Waals surface area contributed by atoms with Crippen LogP contribution in [0.3, 0.4) is 0 Å². The fourth-order valence-corrected chi connectivity index (χ4v) is 4.16. The lowest BCUT2D eigenvalue weighted by Crippen LogP contribution is -2.26. The van der Waals surface area contributed by atoms with Crippen LogP contribution >= 0.6 is 0 Å². The highest BCUT2D eigenvalue weighted by molar-refractivity contribution is 5.89. The second kappa shape index (κ2) is 11.6. The first kappa shape index (κ1) is 25.0. The number of nitrogens with zero attached hydrogens (tertiary/aromatic N) is 3. The normalized spacial score (nSPS) is 11.8. The maximum absolute atomic E-state index is 12.7. The van der Waals surface area contributed by atoms with Crippen LogP contribution in [0.5, 0.6) is 11.5 Å². The van der Waals surface area contributed by atoms with E-state index in [2.05, 4.69) is 29.0 Å². The molecular formula is C28H33N5O3. The summed E-state index contributed by atoms with van der Waals surface area (Å²) < 4.78 is 10.6. The molecule has 0 spiro atoms. The van der Waals surface area contributed by atoms with E-state index in [0.29, 0.717) is 35.8 Å². The molecule has 2 N–H and O–H groups in total. The van der Waals surface area contributed by atoms with Crippen molar-refractivity contribution in [2.45, 2.75) is 45.8 Å². The third-order valence-corrected chi connectivity index (χ3v) is 6.06. The van der Waals surface area contributed by atoms with Gasteiger partial charge in [-0.2, -0.15) is 4.98 Å². The minimum Gasteiger partial charge on any atom is -0.497 e. The van der Waals surface area contributed by atoms with Gasteiger partial charge in [-0.05, 0) is 54.8 Å². The first-order valence-corrected chi connectivity index (χ1v) is 12.2. The molecule has 4 rings (SSSR count). The molecule has 2 heterocycles. The predicted molar refractivity (Wildman–Crippen MR) is 144 cm³/mol. The minimum atomic E-state index is -0.206. The fraction of sp³-hybridized carbons (Fsp3) is 0.321. The maximum Gasteiger partial charge on any atom is 0.261 e. The molecule has 8 heteroatoms. The van der Waals surface area contributed by atoms with E-state index in [1.165, 1.54) is 0 Å². The summed E-state index contributed by atoms with van der Waals surface area (Å²) in [6.07, 6.45) is 3.62. The molecule has 0 fully saturated rings. The fourth-order valence-electron chi connectivity index (χ4n) is 4.16. The molecule has 0 aliphatic heterocycles. The number of anilines is 2. The van der Waals surface area contributed by atoms with Gasteiger partial charge in [-0.1, -0.05) is 37.6 Å². The van der Waals surface area contributed by atoms with Crippen LogP contribution in [0.15, 0.2) is 65.6 Å². The lowest BCUT2D eigenvalue weighted by Gasteiger charge is -2.25. The summed E-state index contributed by atoms with van der Waals surface area (Å²) in [6.45, 7) is 5.39. The SMILES string of the molecule is CCCC(C)Nc1nc(N(Cc2ccc(OC)cc2)Cc2ccc(OC)cc2)nc2cc[nH]c(=O)c12. The average Bonchev–Trinajstić information content (AvgIpc) is 2.89. The van der Waals surface area contributed by atoms with Gasteiger partial charge >= 0.3 is 0 Å². The summed E-state index contributed by atoms with van der Waals surface area (Å²) in [5.74, 6) is 2.70. The highest BCUT2D eigenvalue weighted by Gasteiger charge is 2.18. The molecular weight excluding hydrogens is 454 g/mol. The van der Waals surface area contributed by atoms with Crippen LogP contribution in [0.4, 0.5) is 11.8 Å². The molecule has 0 saturated heterocycles. The van der Waals surface area contributed by atoms with Crippen molar-refractivity contribution in [3.8, 4) is 11.5 Å². The van der Waals surface area contributed by atoms with Crippen LogP contribution in [-0.2, 0) is 13.1 Å². The van der Waals surface area contributed by atoms with Crippen LogP contribution in [0.25, 0.3) is 10.9 Å². The van der Waals surface area contributed by atoms with Crippen molar-refractivity contribution in [3.05, 3.63) is 82.3 Å². The van der Waals surface area contributed by atoms with Gasteiger partial charge in [-0.25, -0.2) is 4.98 Å². The summed E-state index contributed by atoms with van der Waals surface area (Å²) >= 11 is 0. The summed E-state index contributed by atoms with van der Waals surface area (Å²) in [5.41, 5.74) is 2.58. The molecule has 188 valence electrons. The van der Waals surface area contributed by atoms with Crippen molar-refractivity contribution < 1.29 is 9.47 Å². The highest BCUT2D eigenvalue weighted by Crippen LogP contribution is 2.25. The number of benzene rings is 2. The van der Waals surface area contributed by atoms with Crippen molar-refractivity contribution in [2.24, 2.45) is 0 Å². The van der Waals surface area contributed by atoms with E-state index in [-0.39, 0.29) is 11.6 Å². The first-order chi connectivity index (χ1) is 17.5. The number of aromatic amines is 1. The number of nitrogens with one attached hydrogen (secondary N) is 2. The Balaban J connectivity index is 1.77. The van der Waals surface area contributed by atoms with Crippen molar-refractivity contribution in [1.29, 1.82) is 0 Å². The molecule has 2 aromatic heterocycles. The third kappa shape index (κ3) is 5.94. The van der Waals surface area contributed by atoms with Gasteiger partial charge in [0.1, 0.15) is 22.7 Å². The van der Waals surface area contributed by atoms with Gasteiger partial charge < -0.3 is 24.7 Å². The standard InChI is InChI=1S/C28H33N5O3/c1-5-6-19(2)30-26-25-24(15-16-29-27(25)34)31-28(32-26)33(17-20-7-11-22(35-3)12-8-20)18-21-9-13-23(36-4)14-10-21/h7-16,19H,5-6,17-18H2,1-4H3,(H,29,34)(H,30,31,32). The smallest absolute Gasteiger partial charge is 0.261 e. The highest BCUT2D eigenvalue weighted by atomic mass is 16.5. The molecule has 36 heavy (non-hydrogen) atoms. The molecule has 0 aliphatic rings. The van der Waals surface area contributed by atoms with Crippen LogP contribution in [0.2, 0.25) is 0 Å². The summed E-state index contributed by atoms with van der Waals surface area (Å²) in [5, 5.41) is 3.92. The zero-order valence-electron chi connectivity index (χ0n) is 21.2. The number of methoxy groups -OCH3 is 2. The van der Waals surface area contributed by atoms with Crippen molar-refractivity contribution >= 4 is 22.7 Å². The second-order valence-corrected chi connectivity index (χ2v) is 8.83. The zero-order valence-corrected chi connectivity index (χ0v) is 21.2. The molecule has 0 radical (unpaired) electrons. The van der Waals surface area contributed by atoms with Gasteiger partial charge in [0, 0.05) is 25.3 Å². The predicted octanol–water partition coefficient (Wildman–Crippen LogP) is 5.14. The number of hydrogen-bond acceptors (Lipinski definition) is 7. The van der Waals surface area contributed by atoms with E-state index >= 15 is 0 Å². The Kier molecular flexibility index (Phi) is 8.05. The molecule has 8 nitrogen and oxygen atoms in total. The minimum absolute atomic E-state index is 0.164. The van der Waals surface area contributed by atoms with E-state index < -0.39 is 0 Å². The zero-order chi connectivity index (χ0) is 25.5. The Morgan fingerprint density at radius 1 is 0.917 bits per heavy atom. The summed E-state index contributed by atoms with van der Waals surface area (Å²) in [4.78, 5) is 27.3. The van der Waals surface area contributed by atoms with Crippen molar-refractivity contribution in [2.75, 3.05) is 24.4 Å². The number of ether oxygens (including phenoxy) is 2. The van der Waals surface area contributed by atoms with Crippen molar-refractivity contribution in [1.82, 2.24) is 15.0 Å². The number of hydrogen-bond donors (Lipinski definition) is 2. The quantitative estimate of drug-likeness (QED) is 0.302. The van der Waals surface area contributed by atoms with Crippen LogP contribution in [0.1, 0.15) is 37.8 Å². The molecule has 1 unspecified atom stereocenters. The first-order valence-electron chi connectivity index (χ1n) is 12.2. The van der Waals surface area contributed by atoms with E-state index in [0.717, 1.165) is 35.5 Å². The van der Waals surface area contributed by atoms with Gasteiger partial charge in [0.15, 0.2) is 0 Å². The number of rotatable bonds is 11. The Morgan fingerprint density at radius 3 is 2.03 bits per heavy atom. The van der Waals surface area contributed by atoms with Crippen LogP contribution < -0.4 is 25.2 Å². The molecule has 1 atom stereocenters. The number of H-pyrrole nitrogens is 1. The Hall–Kier alpha value is -4.07. The van der Waals surface area contributed by atoms with Gasteiger partial charge in [0.2, 0.25) is 5.95 Å². The lowest BCUT2D eigenvalue weighted by molar-refractivity contribution is 0.414. The van der Waals surface area contributed by atoms with Gasteiger partial charge in [0.25, 0.3) is 5.56 Å². The summed E-state index contributed by atoms with van der Waals surface area (Å²) in [7, 11) is 3.31. The average molecular weight is 488 g/mol. The molecule has 2 aromatic carbocycles. The van der Waals surface area contributed by atoms with Gasteiger partial charge in [0.05, 0.1) is 19.7 Å². The molecule has 4 aromatic rings. The Bertz CT molecular complexity index is 1290. The van der Waals surface area contributed by atoms with E-state index in [9.17, 15) is 4.79 Å². The molecule has 0 saturated carbocycles. The number of fused-ring (bicyclic) bond motifs is 1. The molecule has 0 amide bonds. The van der Waals surface area contributed by atoms with Crippen LogP contribution in [-0.4, -0.2) is 35.2 Å². The van der Waals surface area contributed by atoms with Crippen molar-refractivity contribution in [3.63, 3.8) is 0 Å². The topological polar surface area (TPSA) is 92.4 Å². The van der Waals surface area contributed by atoms with E-state index in [4.69, 9.17) is 19.4 Å². The molecule has 0 bridgehead atoms. The van der Waals surface area contributed by atoms with Gasteiger partial charge in [-0.15, -0.1) is 0 Å². The maximum atomic E-state index is 12.7. The Labute approximate surface area is 211 Å². The number of pyridine rings is 1. The second-order valence-electron chi connectivity index (χ2n) is 8.83. The monoisotopic (exact) mass is 487 g/mol. The third-order valence-electron chi connectivity index (χ3n) is 6.06. The van der Waals surface area contributed by atoms with E-state index in [1.54, 1.807) is 20.4 Å². The lowest BCUT2D eigenvalue weighted by atomic mass is 10.1. The number of aromatic nitrogens is 3. The van der Waals surface area contributed by atoms with E-state index in [1.807, 2.05) is 54.6 Å². The summed E-state index contributed by atoms with van der Waals surface area (Å²) in [6, 6.07) is 17.9. The van der Waals surface area contributed by atoms with Crippen LogP contribution in [0, 0.1) is 0 Å².